The van der Waals surface area contributed by atoms with Gasteiger partial charge >= 0.3 is 0 Å². The molecule has 0 aliphatic carbocycles. The van der Waals surface area contributed by atoms with Crippen LogP contribution in [0.3, 0.4) is 0 Å². The van der Waals surface area contributed by atoms with Crippen LogP contribution in [-0.2, 0) is 14.8 Å². The van der Waals surface area contributed by atoms with Crippen LogP contribution in [0.2, 0.25) is 0 Å². The lowest BCUT2D eigenvalue weighted by atomic mass is 9.93. The van der Waals surface area contributed by atoms with E-state index in [0.717, 1.165) is 24.3 Å². The van der Waals surface area contributed by atoms with E-state index in [1.54, 1.807) is 11.8 Å². The topological polar surface area (TPSA) is 54.5 Å². The number of piperidine rings is 1. The highest BCUT2D eigenvalue weighted by Crippen LogP contribution is 2.33. The van der Waals surface area contributed by atoms with E-state index < -0.39 is 10.0 Å². The summed E-state index contributed by atoms with van der Waals surface area (Å²) in [4.78, 5) is 12.4. The Balaban J connectivity index is 1.90. The van der Waals surface area contributed by atoms with Gasteiger partial charge in [0.15, 0.2) is 0 Å². The van der Waals surface area contributed by atoms with Crippen LogP contribution in [0.25, 0.3) is 0 Å². The molecular weight excluding hydrogens is 314 g/mol. The molecular formula is C13H23NO3S3. The molecule has 7 heteroatoms. The second-order valence-corrected chi connectivity index (χ2v) is 10.4. The molecule has 2 rings (SSSR count). The zero-order valence-electron chi connectivity index (χ0n) is 12.1. The number of sulfonamides is 1. The third-order valence-electron chi connectivity index (χ3n) is 3.95. The van der Waals surface area contributed by atoms with Gasteiger partial charge in [-0.3, -0.25) is 4.79 Å². The molecule has 2 aliphatic rings. The lowest BCUT2D eigenvalue weighted by Gasteiger charge is -2.32. The predicted octanol–water partition coefficient (Wildman–Crippen LogP) is 1.85. The Morgan fingerprint density at radius 2 is 2.00 bits per heavy atom. The maximum Gasteiger partial charge on any atom is 0.211 e. The van der Waals surface area contributed by atoms with Gasteiger partial charge in [-0.25, -0.2) is 12.7 Å². The minimum atomic E-state index is -3.12. The van der Waals surface area contributed by atoms with E-state index in [2.05, 4.69) is 6.92 Å². The summed E-state index contributed by atoms with van der Waals surface area (Å²) in [6.45, 7) is 3.25. The fourth-order valence-electron chi connectivity index (χ4n) is 2.88. The van der Waals surface area contributed by atoms with Crippen LogP contribution in [0.4, 0.5) is 0 Å². The Morgan fingerprint density at radius 1 is 1.30 bits per heavy atom. The summed E-state index contributed by atoms with van der Waals surface area (Å²) >= 11 is 3.65. The first-order chi connectivity index (χ1) is 9.38. The fourth-order valence-corrected chi connectivity index (χ4v) is 6.57. The molecule has 0 spiro atoms. The molecule has 2 heterocycles. The lowest BCUT2D eigenvalue weighted by molar-refractivity contribution is -0.119. The average molecular weight is 338 g/mol. The van der Waals surface area contributed by atoms with E-state index in [9.17, 15) is 13.2 Å². The lowest BCUT2D eigenvalue weighted by Crippen LogP contribution is -2.41. The van der Waals surface area contributed by atoms with Gasteiger partial charge in [0.25, 0.3) is 0 Å². The normalized spacial score (nSPS) is 33.0. The van der Waals surface area contributed by atoms with Crippen molar-refractivity contribution in [2.24, 2.45) is 5.92 Å². The first-order valence-electron chi connectivity index (χ1n) is 7.09. The Morgan fingerprint density at radius 3 is 2.65 bits per heavy atom. The summed E-state index contributed by atoms with van der Waals surface area (Å²) < 4.78 is 24.7. The Hall–Kier alpha value is 0.280. The van der Waals surface area contributed by atoms with Crippen LogP contribution in [0.1, 0.15) is 26.2 Å². The van der Waals surface area contributed by atoms with Crippen molar-refractivity contribution in [3.63, 3.8) is 0 Å². The van der Waals surface area contributed by atoms with Crippen molar-refractivity contribution in [1.82, 2.24) is 4.31 Å². The maximum absolute atomic E-state index is 12.4. The Kier molecular flexibility index (Phi) is 5.85. The van der Waals surface area contributed by atoms with Gasteiger partial charge in [-0.05, 0) is 18.8 Å². The third-order valence-corrected chi connectivity index (χ3v) is 8.35. The number of nitrogens with zero attached hydrogens (tertiary/aromatic N) is 1. The van der Waals surface area contributed by atoms with E-state index in [1.165, 1.54) is 10.6 Å². The van der Waals surface area contributed by atoms with Crippen LogP contribution < -0.4 is 0 Å². The van der Waals surface area contributed by atoms with Crippen LogP contribution >= 0.6 is 23.5 Å². The second-order valence-electron chi connectivity index (χ2n) is 5.67. The van der Waals surface area contributed by atoms with Gasteiger partial charge < -0.3 is 0 Å². The zero-order valence-corrected chi connectivity index (χ0v) is 14.5. The standard InChI is InChI=1S/C13H23NO3S3/c1-10-13(19-7-6-18-10)12(15)8-11-4-3-5-14(9-11)20(2,16)17/h10-11,13H,3-9H2,1-2H3. The second kappa shape index (κ2) is 7.03. The summed E-state index contributed by atoms with van der Waals surface area (Å²) in [5, 5.41) is 0.484. The molecule has 20 heavy (non-hydrogen) atoms. The maximum atomic E-state index is 12.4. The molecule has 0 aromatic rings. The number of rotatable bonds is 4. The smallest absolute Gasteiger partial charge is 0.211 e. The molecule has 3 atom stereocenters. The molecule has 0 radical (unpaired) electrons. The van der Waals surface area contributed by atoms with Crippen LogP contribution in [0, 0.1) is 5.92 Å². The van der Waals surface area contributed by atoms with Gasteiger partial charge in [-0.2, -0.15) is 11.8 Å². The molecule has 0 aromatic carbocycles. The van der Waals surface area contributed by atoms with Gasteiger partial charge in [0.2, 0.25) is 10.0 Å². The molecule has 2 aliphatic heterocycles. The predicted molar refractivity (Wildman–Crippen MR) is 86.9 cm³/mol. The van der Waals surface area contributed by atoms with Gasteiger partial charge in [0.05, 0.1) is 11.5 Å². The van der Waals surface area contributed by atoms with Crippen molar-refractivity contribution in [3.05, 3.63) is 0 Å². The molecule has 3 unspecified atom stereocenters. The number of ketones is 1. The highest BCUT2D eigenvalue weighted by Gasteiger charge is 2.32. The zero-order chi connectivity index (χ0) is 14.8. The summed E-state index contributed by atoms with van der Waals surface area (Å²) in [5.41, 5.74) is 0. The first kappa shape index (κ1) is 16.6. The number of thioether (sulfide) groups is 2. The van der Waals surface area contributed by atoms with Crippen LogP contribution in [0.5, 0.6) is 0 Å². The van der Waals surface area contributed by atoms with E-state index in [4.69, 9.17) is 0 Å². The average Bonchev–Trinajstić information content (AvgIpc) is 2.38. The van der Waals surface area contributed by atoms with Gasteiger partial charge in [-0.1, -0.05) is 6.92 Å². The summed E-state index contributed by atoms with van der Waals surface area (Å²) in [7, 11) is -3.12. The molecule has 0 saturated carbocycles. The van der Waals surface area contributed by atoms with Crippen molar-refractivity contribution in [3.8, 4) is 0 Å². The number of Topliss-reactive ketones (excluding diaryl/α,β-unsaturated/α-hetero) is 1. The quantitative estimate of drug-likeness (QED) is 0.784. The summed E-state index contributed by atoms with van der Waals surface area (Å²) in [6, 6.07) is 0. The van der Waals surface area contributed by atoms with Crippen LogP contribution in [0.15, 0.2) is 0 Å². The monoisotopic (exact) mass is 337 g/mol. The number of hydrogen-bond donors (Lipinski definition) is 0. The molecule has 0 aromatic heterocycles. The minimum Gasteiger partial charge on any atom is -0.298 e. The summed E-state index contributed by atoms with van der Waals surface area (Å²) in [5.74, 6) is 2.69. The highest BCUT2D eigenvalue weighted by molar-refractivity contribution is 8.07. The van der Waals surface area contributed by atoms with Crippen molar-refractivity contribution in [1.29, 1.82) is 0 Å². The molecule has 4 nitrogen and oxygen atoms in total. The fraction of sp³-hybridized carbons (Fsp3) is 0.923. The van der Waals surface area contributed by atoms with Crippen molar-refractivity contribution >= 4 is 39.3 Å². The van der Waals surface area contributed by atoms with Gasteiger partial charge in [0, 0.05) is 36.3 Å². The van der Waals surface area contributed by atoms with E-state index >= 15 is 0 Å². The Bertz CT molecular complexity index is 452. The van der Waals surface area contributed by atoms with E-state index in [1.807, 2.05) is 11.8 Å². The first-order valence-corrected chi connectivity index (χ1v) is 11.0. The molecule has 0 bridgehead atoms. The Labute approximate surface area is 130 Å². The number of hydrogen-bond acceptors (Lipinski definition) is 5. The SMILES string of the molecule is CC1SCCSC1C(=O)CC1CCCN(S(C)(=O)=O)C1. The van der Waals surface area contributed by atoms with E-state index in [0.29, 0.717) is 30.5 Å². The molecule has 0 N–H and O–H groups in total. The van der Waals surface area contributed by atoms with E-state index in [-0.39, 0.29) is 11.2 Å². The molecule has 0 amide bonds. The number of carbonyl (C=O) groups excluding carboxylic acids is 1. The van der Waals surface area contributed by atoms with Gasteiger partial charge in [0.1, 0.15) is 5.78 Å². The molecule has 2 fully saturated rings. The van der Waals surface area contributed by atoms with Crippen molar-refractivity contribution in [2.75, 3.05) is 30.9 Å². The minimum absolute atomic E-state index is 0.0994. The van der Waals surface area contributed by atoms with Crippen molar-refractivity contribution in [2.45, 2.75) is 36.7 Å². The largest absolute Gasteiger partial charge is 0.298 e. The third kappa shape index (κ3) is 4.39. The van der Waals surface area contributed by atoms with Crippen molar-refractivity contribution < 1.29 is 13.2 Å². The summed E-state index contributed by atoms with van der Waals surface area (Å²) in [6.07, 6.45) is 3.63. The number of carbonyl (C=O) groups is 1. The highest BCUT2D eigenvalue weighted by atomic mass is 32.2. The molecule has 2 saturated heterocycles. The van der Waals surface area contributed by atoms with Gasteiger partial charge in [-0.15, -0.1) is 11.8 Å². The molecule has 116 valence electrons. The van der Waals surface area contributed by atoms with Crippen LogP contribution in [-0.4, -0.2) is 59.9 Å².